The van der Waals surface area contributed by atoms with Gasteiger partial charge in [-0.25, -0.2) is 0 Å². The number of amides is 1. The molecule has 31 heavy (non-hydrogen) atoms. The molecule has 7 heteroatoms. The van der Waals surface area contributed by atoms with Gasteiger partial charge in [-0.1, -0.05) is 36.4 Å². The standard InChI is InChI=1S/C24H19N5O2/c1-29-16-26-28-23(29)17-8-4-10-21(12-17)27-24(30)18-9-5-11-22(13-18)31-15-20-7-3-2-6-19(20)14-25/h2-13,16H,15H2,1H3,(H,27,30). The zero-order chi connectivity index (χ0) is 21.6. The summed E-state index contributed by atoms with van der Waals surface area (Å²) in [6.07, 6.45) is 1.63. The van der Waals surface area contributed by atoms with E-state index >= 15 is 0 Å². The van der Waals surface area contributed by atoms with Crippen LogP contribution in [0.15, 0.2) is 79.1 Å². The first-order valence-electron chi connectivity index (χ1n) is 9.60. The molecule has 1 amide bonds. The van der Waals surface area contributed by atoms with E-state index in [1.165, 1.54) is 0 Å². The van der Waals surface area contributed by atoms with E-state index < -0.39 is 0 Å². The number of hydrogen-bond donors (Lipinski definition) is 1. The van der Waals surface area contributed by atoms with Crippen LogP contribution in [-0.2, 0) is 13.7 Å². The van der Waals surface area contributed by atoms with Crippen LogP contribution in [0.25, 0.3) is 11.4 Å². The Morgan fingerprint density at radius 2 is 1.94 bits per heavy atom. The molecule has 4 rings (SSSR count). The maximum atomic E-state index is 12.8. The van der Waals surface area contributed by atoms with Crippen LogP contribution in [0.2, 0.25) is 0 Å². The molecule has 1 heterocycles. The minimum atomic E-state index is -0.252. The molecule has 152 valence electrons. The van der Waals surface area contributed by atoms with Gasteiger partial charge in [0, 0.05) is 29.4 Å². The second-order valence-corrected chi connectivity index (χ2v) is 6.89. The molecule has 0 aliphatic carbocycles. The van der Waals surface area contributed by atoms with E-state index in [9.17, 15) is 10.1 Å². The van der Waals surface area contributed by atoms with Gasteiger partial charge in [0.2, 0.25) is 0 Å². The Hall–Kier alpha value is -4.44. The number of benzene rings is 3. The van der Waals surface area contributed by atoms with Gasteiger partial charge in [-0.3, -0.25) is 4.79 Å². The highest BCUT2D eigenvalue weighted by Gasteiger charge is 2.10. The summed E-state index contributed by atoms with van der Waals surface area (Å²) in [5.41, 5.74) is 3.33. The van der Waals surface area contributed by atoms with Crippen molar-refractivity contribution in [3.05, 3.63) is 95.8 Å². The monoisotopic (exact) mass is 409 g/mol. The van der Waals surface area contributed by atoms with Crippen molar-refractivity contribution in [1.29, 1.82) is 5.26 Å². The largest absolute Gasteiger partial charge is 0.489 e. The zero-order valence-corrected chi connectivity index (χ0v) is 16.8. The predicted octanol–water partition coefficient (Wildman–Crippen LogP) is 4.19. The molecule has 0 unspecified atom stereocenters. The Balaban J connectivity index is 1.46. The molecular formula is C24H19N5O2. The first kappa shape index (κ1) is 19.9. The van der Waals surface area contributed by atoms with Gasteiger partial charge in [0.05, 0.1) is 11.6 Å². The summed E-state index contributed by atoms with van der Waals surface area (Å²) in [5, 5.41) is 20.1. The van der Waals surface area contributed by atoms with Gasteiger partial charge in [0.15, 0.2) is 5.82 Å². The van der Waals surface area contributed by atoms with Gasteiger partial charge < -0.3 is 14.6 Å². The lowest BCUT2D eigenvalue weighted by Crippen LogP contribution is -2.12. The molecule has 0 saturated heterocycles. The van der Waals surface area contributed by atoms with Gasteiger partial charge >= 0.3 is 0 Å². The third kappa shape index (κ3) is 4.60. The predicted molar refractivity (Wildman–Crippen MR) is 116 cm³/mol. The van der Waals surface area contributed by atoms with Gasteiger partial charge in [0.25, 0.3) is 5.91 Å². The van der Waals surface area contributed by atoms with Crippen LogP contribution in [-0.4, -0.2) is 20.7 Å². The number of nitriles is 1. The third-order valence-electron chi connectivity index (χ3n) is 4.72. The SMILES string of the molecule is Cn1cnnc1-c1cccc(NC(=O)c2cccc(OCc3ccccc3C#N)c2)c1. The molecule has 0 atom stereocenters. The van der Waals surface area contributed by atoms with E-state index in [4.69, 9.17) is 4.74 Å². The summed E-state index contributed by atoms with van der Waals surface area (Å²) in [6, 6.07) is 23.8. The quantitative estimate of drug-likeness (QED) is 0.516. The van der Waals surface area contributed by atoms with Crippen LogP contribution in [0.5, 0.6) is 5.75 Å². The highest BCUT2D eigenvalue weighted by Crippen LogP contribution is 2.22. The Morgan fingerprint density at radius 3 is 2.74 bits per heavy atom. The number of anilines is 1. The summed E-state index contributed by atoms with van der Waals surface area (Å²) < 4.78 is 7.62. The fourth-order valence-electron chi connectivity index (χ4n) is 3.13. The average Bonchev–Trinajstić information content (AvgIpc) is 3.24. The summed E-state index contributed by atoms with van der Waals surface area (Å²) >= 11 is 0. The van der Waals surface area contributed by atoms with Crippen molar-refractivity contribution in [2.75, 3.05) is 5.32 Å². The molecule has 4 aromatic rings. The Bertz CT molecular complexity index is 1270. The summed E-state index contributed by atoms with van der Waals surface area (Å²) in [7, 11) is 1.86. The highest BCUT2D eigenvalue weighted by molar-refractivity contribution is 6.04. The number of carbonyl (C=O) groups is 1. The number of aryl methyl sites for hydroxylation is 1. The fraction of sp³-hybridized carbons (Fsp3) is 0.0833. The topological polar surface area (TPSA) is 92.8 Å². The lowest BCUT2D eigenvalue weighted by atomic mass is 10.1. The Labute approximate surface area is 179 Å². The van der Waals surface area contributed by atoms with Crippen LogP contribution >= 0.6 is 0 Å². The molecule has 3 aromatic carbocycles. The van der Waals surface area contributed by atoms with Crippen molar-refractivity contribution in [2.45, 2.75) is 6.61 Å². The molecule has 1 aromatic heterocycles. The summed E-state index contributed by atoms with van der Waals surface area (Å²) in [6.45, 7) is 0.245. The van der Waals surface area contributed by atoms with Crippen molar-refractivity contribution in [2.24, 2.45) is 7.05 Å². The number of ether oxygens (including phenoxy) is 1. The van der Waals surface area contributed by atoms with E-state index in [2.05, 4.69) is 21.6 Å². The first-order valence-corrected chi connectivity index (χ1v) is 9.60. The minimum Gasteiger partial charge on any atom is -0.489 e. The van der Waals surface area contributed by atoms with Crippen molar-refractivity contribution in [1.82, 2.24) is 14.8 Å². The first-order chi connectivity index (χ1) is 15.1. The highest BCUT2D eigenvalue weighted by atomic mass is 16.5. The molecule has 7 nitrogen and oxygen atoms in total. The number of rotatable bonds is 6. The normalized spacial score (nSPS) is 10.3. The summed E-state index contributed by atoms with van der Waals surface area (Å²) in [4.78, 5) is 12.8. The second-order valence-electron chi connectivity index (χ2n) is 6.89. The number of nitrogens with one attached hydrogen (secondary N) is 1. The van der Waals surface area contributed by atoms with Crippen LogP contribution in [0.4, 0.5) is 5.69 Å². The van der Waals surface area contributed by atoms with Gasteiger partial charge in [-0.05, 0) is 36.4 Å². The number of aromatic nitrogens is 3. The van der Waals surface area contributed by atoms with Crippen LogP contribution in [0.1, 0.15) is 21.5 Å². The smallest absolute Gasteiger partial charge is 0.255 e. The number of carbonyl (C=O) groups excluding carboxylic acids is 1. The maximum absolute atomic E-state index is 12.8. The van der Waals surface area contributed by atoms with E-state index in [1.807, 2.05) is 54.1 Å². The van der Waals surface area contributed by atoms with Crippen molar-refractivity contribution in [3.63, 3.8) is 0 Å². The van der Waals surface area contributed by atoms with Crippen LogP contribution in [0.3, 0.4) is 0 Å². The van der Waals surface area contributed by atoms with Gasteiger partial charge in [0.1, 0.15) is 18.7 Å². The molecule has 0 spiro atoms. The van der Waals surface area contributed by atoms with Crippen molar-refractivity contribution < 1.29 is 9.53 Å². The van der Waals surface area contributed by atoms with E-state index in [0.29, 0.717) is 28.4 Å². The van der Waals surface area contributed by atoms with E-state index in [1.54, 1.807) is 36.7 Å². The number of hydrogen-bond acceptors (Lipinski definition) is 5. The molecular weight excluding hydrogens is 390 g/mol. The average molecular weight is 409 g/mol. The van der Waals surface area contributed by atoms with Crippen LogP contribution < -0.4 is 10.1 Å². The summed E-state index contributed by atoms with van der Waals surface area (Å²) in [5.74, 6) is 1.01. The van der Waals surface area contributed by atoms with Gasteiger partial charge in [-0.2, -0.15) is 5.26 Å². The molecule has 1 N–H and O–H groups in total. The molecule has 0 radical (unpaired) electrons. The van der Waals surface area contributed by atoms with Crippen LogP contribution in [0, 0.1) is 11.3 Å². The van der Waals surface area contributed by atoms with Crippen molar-refractivity contribution in [3.8, 4) is 23.2 Å². The van der Waals surface area contributed by atoms with Crippen molar-refractivity contribution >= 4 is 11.6 Å². The molecule has 0 aliphatic heterocycles. The third-order valence-corrected chi connectivity index (χ3v) is 4.72. The Kier molecular flexibility index (Phi) is 5.72. The lowest BCUT2D eigenvalue weighted by molar-refractivity contribution is 0.102. The number of nitrogens with zero attached hydrogens (tertiary/aromatic N) is 4. The molecule has 0 aliphatic rings. The maximum Gasteiger partial charge on any atom is 0.255 e. The molecule has 0 bridgehead atoms. The molecule has 0 fully saturated rings. The lowest BCUT2D eigenvalue weighted by Gasteiger charge is -2.10. The second kappa shape index (κ2) is 8.93. The minimum absolute atomic E-state index is 0.245. The molecule has 0 saturated carbocycles. The van der Waals surface area contributed by atoms with Gasteiger partial charge in [-0.15, -0.1) is 10.2 Å². The fourth-order valence-corrected chi connectivity index (χ4v) is 3.13. The van der Waals surface area contributed by atoms with E-state index in [-0.39, 0.29) is 12.5 Å². The van der Waals surface area contributed by atoms with E-state index in [0.717, 1.165) is 11.1 Å². The zero-order valence-electron chi connectivity index (χ0n) is 16.8. The Morgan fingerprint density at radius 1 is 1.10 bits per heavy atom.